The molecule has 5 rings (SSSR count). The highest BCUT2D eigenvalue weighted by atomic mass is 79.9. The number of hydrogen-bond donors (Lipinski definition) is 0. The zero-order valence-electron chi connectivity index (χ0n) is 26.1. The number of aromatic nitrogens is 2. The van der Waals surface area contributed by atoms with Gasteiger partial charge >= 0.3 is 5.97 Å². The molecular weight excluding hydrogens is 656 g/mol. The lowest BCUT2D eigenvalue weighted by molar-refractivity contribution is 0.00616. The molecule has 2 aromatic heterocycles. The minimum absolute atomic E-state index is 0.226. The van der Waals surface area contributed by atoms with Crippen molar-refractivity contribution in [2.75, 3.05) is 18.1 Å². The molecule has 0 radical (unpaired) electrons. The number of fused-ring (bicyclic) bond motifs is 2. The third-order valence-electron chi connectivity index (χ3n) is 7.25. The van der Waals surface area contributed by atoms with E-state index in [-0.39, 0.29) is 11.6 Å². The number of carbonyl (C=O) groups excluding carboxylic acids is 2. The van der Waals surface area contributed by atoms with Crippen molar-refractivity contribution < 1.29 is 19.1 Å². The number of para-hydroxylation sites is 1. The summed E-state index contributed by atoms with van der Waals surface area (Å²) in [6.45, 7) is 14.7. The summed E-state index contributed by atoms with van der Waals surface area (Å²) in [6.07, 6.45) is 0.740. The highest BCUT2D eigenvalue weighted by Gasteiger charge is 2.26. The highest BCUT2D eigenvalue weighted by molar-refractivity contribution is 9.10. The monoisotopic (exact) mass is 694 g/mol. The number of pyridine rings is 1. The molecule has 2 aromatic carbocycles. The van der Waals surface area contributed by atoms with Crippen molar-refractivity contribution in [3.8, 4) is 0 Å². The van der Waals surface area contributed by atoms with E-state index in [0.29, 0.717) is 47.1 Å². The van der Waals surface area contributed by atoms with Crippen molar-refractivity contribution in [3.63, 3.8) is 0 Å². The summed E-state index contributed by atoms with van der Waals surface area (Å²) in [5.74, 6) is -0.125. The van der Waals surface area contributed by atoms with Crippen LogP contribution in [0, 0.1) is 0 Å². The second kappa shape index (κ2) is 13.1. The van der Waals surface area contributed by atoms with Gasteiger partial charge in [-0.15, -0.1) is 0 Å². The number of benzene rings is 2. The fourth-order valence-electron chi connectivity index (χ4n) is 4.97. The first-order valence-electron chi connectivity index (χ1n) is 14.8. The van der Waals surface area contributed by atoms with Gasteiger partial charge in [-0.05, 0) is 90.6 Å². The van der Waals surface area contributed by atoms with Gasteiger partial charge in [0.1, 0.15) is 18.1 Å². The van der Waals surface area contributed by atoms with Crippen molar-refractivity contribution in [3.05, 3.63) is 86.3 Å². The molecule has 0 fully saturated rings. The number of rotatable bonds is 8. The molecule has 1 amide bonds. The van der Waals surface area contributed by atoms with Gasteiger partial charge in [0.15, 0.2) is 10.5 Å². The topological polar surface area (TPSA) is 86.0 Å². The SMILES string of the molecule is CC(C)(C)OC(=O)c1nc(N2CCc3cccc(C(=O)N=c4sc5ccccc5n4COCC[Si](C)(C)C)c3C2)ccc1Br. The van der Waals surface area contributed by atoms with Crippen LogP contribution in [0.1, 0.15) is 52.7 Å². The van der Waals surface area contributed by atoms with Crippen LogP contribution >= 0.6 is 27.3 Å². The molecule has 0 bridgehead atoms. The Morgan fingerprint density at radius 1 is 1.07 bits per heavy atom. The average molecular weight is 696 g/mol. The molecule has 4 aromatic rings. The van der Waals surface area contributed by atoms with Crippen molar-refractivity contribution in [1.82, 2.24) is 9.55 Å². The number of ether oxygens (including phenoxy) is 2. The molecule has 1 aliphatic rings. The van der Waals surface area contributed by atoms with Crippen LogP contribution < -0.4 is 9.70 Å². The second-order valence-electron chi connectivity index (χ2n) is 13.2. The average Bonchev–Trinajstić information content (AvgIpc) is 3.30. The van der Waals surface area contributed by atoms with E-state index in [4.69, 9.17) is 9.47 Å². The predicted molar refractivity (Wildman–Crippen MR) is 182 cm³/mol. The van der Waals surface area contributed by atoms with Crippen LogP contribution in [0.3, 0.4) is 0 Å². The molecular formula is C33H39BrN4O4SSi. The van der Waals surface area contributed by atoms with Crippen LogP contribution in [0.25, 0.3) is 10.2 Å². The highest BCUT2D eigenvalue weighted by Crippen LogP contribution is 2.29. The normalized spacial score (nSPS) is 14.2. The minimum Gasteiger partial charge on any atom is -0.455 e. The lowest BCUT2D eigenvalue weighted by Gasteiger charge is -2.31. The van der Waals surface area contributed by atoms with Crippen LogP contribution in [0.5, 0.6) is 0 Å². The van der Waals surface area contributed by atoms with E-state index in [1.165, 1.54) is 11.3 Å². The van der Waals surface area contributed by atoms with Crippen molar-refractivity contribution >= 4 is 63.3 Å². The van der Waals surface area contributed by atoms with Gasteiger partial charge in [0, 0.05) is 33.3 Å². The zero-order valence-corrected chi connectivity index (χ0v) is 29.5. The molecule has 0 atom stereocenters. The summed E-state index contributed by atoms with van der Waals surface area (Å²) in [5, 5.41) is 0. The van der Waals surface area contributed by atoms with Gasteiger partial charge in [-0.25, -0.2) is 9.78 Å². The molecule has 0 saturated carbocycles. The summed E-state index contributed by atoms with van der Waals surface area (Å²) in [6, 6.07) is 18.7. The molecule has 0 unspecified atom stereocenters. The quantitative estimate of drug-likeness (QED) is 0.108. The van der Waals surface area contributed by atoms with Crippen molar-refractivity contribution in [1.29, 1.82) is 0 Å². The molecule has 1 aliphatic heterocycles. The maximum atomic E-state index is 13.8. The van der Waals surface area contributed by atoms with Gasteiger partial charge in [0.25, 0.3) is 5.91 Å². The first-order valence-corrected chi connectivity index (χ1v) is 20.1. The zero-order chi connectivity index (χ0) is 31.6. The van der Waals surface area contributed by atoms with Crippen LogP contribution in [0.2, 0.25) is 25.7 Å². The number of anilines is 1. The molecule has 0 N–H and O–H groups in total. The van der Waals surface area contributed by atoms with Crippen LogP contribution in [0.15, 0.2) is 64.1 Å². The molecule has 232 valence electrons. The maximum Gasteiger partial charge on any atom is 0.358 e. The Morgan fingerprint density at radius 2 is 1.84 bits per heavy atom. The number of carbonyl (C=O) groups is 2. The van der Waals surface area contributed by atoms with Gasteiger partial charge in [-0.3, -0.25) is 9.36 Å². The Morgan fingerprint density at radius 3 is 2.59 bits per heavy atom. The molecule has 8 nitrogen and oxygen atoms in total. The Labute approximate surface area is 271 Å². The number of esters is 1. The third-order valence-corrected chi connectivity index (χ3v) is 10.7. The number of nitrogens with zero attached hydrogens (tertiary/aromatic N) is 4. The van der Waals surface area contributed by atoms with Gasteiger partial charge in [-0.1, -0.05) is 55.2 Å². The first kappa shape index (κ1) is 32.3. The van der Waals surface area contributed by atoms with E-state index >= 15 is 0 Å². The largest absolute Gasteiger partial charge is 0.455 e. The summed E-state index contributed by atoms with van der Waals surface area (Å²) >= 11 is 4.94. The van der Waals surface area contributed by atoms with Crippen LogP contribution in [0.4, 0.5) is 5.82 Å². The molecule has 0 saturated heterocycles. The number of amides is 1. The summed E-state index contributed by atoms with van der Waals surface area (Å²) in [4.78, 5) is 38.7. The van der Waals surface area contributed by atoms with E-state index in [1.807, 2.05) is 73.9 Å². The number of hydrogen-bond acceptors (Lipinski definition) is 7. The van der Waals surface area contributed by atoms with Gasteiger partial charge < -0.3 is 14.4 Å². The Kier molecular flexibility index (Phi) is 9.60. The molecule has 3 heterocycles. The van der Waals surface area contributed by atoms with Crippen molar-refractivity contribution in [2.24, 2.45) is 4.99 Å². The first-order chi connectivity index (χ1) is 20.8. The Bertz CT molecular complexity index is 1770. The van der Waals surface area contributed by atoms with E-state index in [9.17, 15) is 9.59 Å². The van der Waals surface area contributed by atoms with Gasteiger partial charge in [0.2, 0.25) is 0 Å². The lowest BCUT2D eigenvalue weighted by atomic mass is 9.94. The Hall–Kier alpha value is -3.12. The molecule has 11 heteroatoms. The van der Waals surface area contributed by atoms with Crippen LogP contribution in [-0.2, 0) is 29.2 Å². The van der Waals surface area contributed by atoms with Crippen LogP contribution in [-0.4, -0.2) is 48.3 Å². The van der Waals surface area contributed by atoms with E-state index in [0.717, 1.165) is 33.8 Å². The second-order valence-corrected chi connectivity index (χ2v) is 20.6. The van der Waals surface area contributed by atoms with Gasteiger partial charge in [0.05, 0.1) is 14.7 Å². The van der Waals surface area contributed by atoms with Gasteiger partial charge in [-0.2, -0.15) is 4.99 Å². The maximum absolute atomic E-state index is 13.8. The molecule has 0 spiro atoms. The standard InChI is InChI=1S/C33H39BrN4O4SSi/c1-33(2,3)42-31(40)29-25(34)14-15-28(35-29)37-17-16-22-10-9-11-23(24(22)20-37)30(39)36-32-38(21-41-18-19-44(4,5)6)26-12-7-8-13-27(26)43-32/h7-15H,16-21H2,1-6H3. The number of halogens is 1. The van der Waals surface area contributed by atoms with E-state index in [1.54, 1.807) is 0 Å². The van der Waals surface area contributed by atoms with E-state index < -0.39 is 19.6 Å². The fourth-order valence-corrected chi connectivity index (χ4v) is 7.12. The molecule has 0 aliphatic carbocycles. The van der Waals surface area contributed by atoms with E-state index in [2.05, 4.69) is 56.5 Å². The molecule has 44 heavy (non-hydrogen) atoms. The fraction of sp³-hybridized carbons (Fsp3) is 0.394. The third kappa shape index (κ3) is 7.74. The number of thiazole rings is 1. The predicted octanol–water partition coefficient (Wildman–Crippen LogP) is 7.43. The summed E-state index contributed by atoms with van der Waals surface area (Å²) < 4.78 is 15.3. The summed E-state index contributed by atoms with van der Waals surface area (Å²) in [7, 11) is -1.23. The smallest absolute Gasteiger partial charge is 0.358 e. The Balaban J connectivity index is 1.43. The van der Waals surface area contributed by atoms with Crippen molar-refractivity contribution in [2.45, 2.75) is 71.8 Å². The summed E-state index contributed by atoms with van der Waals surface area (Å²) in [5.41, 5.74) is 3.20. The lowest BCUT2D eigenvalue weighted by Crippen LogP contribution is -2.33. The minimum atomic E-state index is -1.23.